The minimum Gasteiger partial charge on any atom is -0.385 e. The first-order chi connectivity index (χ1) is 9.76. The van der Waals surface area contributed by atoms with Gasteiger partial charge < -0.3 is 5.32 Å². The van der Waals surface area contributed by atoms with E-state index in [9.17, 15) is 4.39 Å². The summed E-state index contributed by atoms with van der Waals surface area (Å²) in [6.07, 6.45) is 10.2. The fraction of sp³-hybridized carbons (Fsp3) is 0.588. The Kier molecular flexibility index (Phi) is 8.46. The van der Waals surface area contributed by atoms with Gasteiger partial charge in [-0.25, -0.2) is 4.39 Å². The zero-order valence-electron chi connectivity index (χ0n) is 12.4. The maximum absolute atomic E-state index is 13.2. The first-order valence-electron chi connectivity index (χ1n) is 7.71. The molecule has 0 aliphatic rings. The lowest BCUT2D eigenvalue weighted by atomic mass is 10.1. The van der Waals surface area contributed by atoms with Gasteiger partial charge in [-0.05, 0) is 24.6 Å². The van der Waals surface area contributed by atoms with E-state index in [1.54, 1.807) is 6.07 Å². The number of benzene rings is 1. The van der Waals surface area contributed by atoms with Crippen LogP contribution in [0.4, 0.5) is 10.1 Å². The van der Waals surface area contributed by atoms with Gasteiger partial charge in [-0.3, -0.25) is 0 Å². The van der Waals surface area contributed by atoms with Gasteiger partial charge >= 0.3 is 0 Å². The van der Waals surface area contributed by atoms with E-state index in [1.165, 1.54) is 57.1 Å². The van der Waals surface area contributed by atoms with Crippen LogP contribution in [0.5, 0.6) is 0 Å². The number of nitrogens with one attached hydrogen (secondary N) is 1. The Morgan fingerprint density at radius 3 is 2.30 bits per heavy atom. The fourth-order valence-electron chi connectivity index (χ4n) is 2.25. The van der Waals surface area contributed by atoms with Crippen LogP contribution in [0.25, 0.3) is 0 Å². The molecule has 0 aliphatic carbocycles. The van der Waals surface area contributed by atoms with E-state index in [-0.39, 0.29) is 5.82 Å². The molecular weight excluding hydrogens is 251 g/mol. The molecule has 2 nitrogen and oxygen atoms in total. The number of hydrogen-bond donors (Lipinski definition) is 1. The number of halogens is 1. The number of unbranched alkanes of at least 4 members (excludes halogenated alkanes) is 7. The van der Waals surface area contributed by atoms with E-state index in [0.717, 1.165) is 13.0 Å². The molecule has 0 atom stereocenters. The minimum absolute atomic E-state index is 0.359. The average molecular weight is 276 g/mol. The highest BCUT2D eigenvalue weighted by molar-refractivity contribution is 5.49. The maximum atomic E-state index is 13.2. The maximum Gasteiger partial charge on any atom is 0.126 e. The van der Waals surface area contributed by atoms with E-state index in [1.807, 2.05) is 6.07 Å². The number of nitriles is 1. The summed E-state index contributed by atoms with van der Waals surface area (Å²) in [5.41, 5.74) is 1.06. The van der Waals surface area contributed by atoms with E-state index in [4.69, 9.17) is 5.26 Å². The second-order valence-corrected chi connectivity index (χ2v) is 5.24. The van der Waals surface area contributed by atoms with Gasteiger partial charge in [-0.2, -0.15) is 5.26 Å². The van der Waals surface area contributed by atoms with E-state index >= 15 is 0 Å². The Balaban J connectivity index is 2.10. The second kappa shape index (κ2) is 10.3. The summed E-state index contributed by atoms with van der Waals surface area (Å²) >= 11 is 0. The molecule has 20 heavy (non-hydrogen) atoms. The molecule has 1 N–H and O–H groups in total. The molecule has 0 fully saturated rings. The quantitative estimate of drug-likeness (QED) is 0.592. The zero-order valence-corrected chi connectivity index (χ0v) is 12.4. The molecule has 0 heterocycles. The molecule has 0 radical (unpaired) electrons. The van der Waals surface area contributed by atoms with Crippen molar-refractivity contribution in [1.29, 1.82) is 5.26 Å². The Labute approximate surface area is 122 Å². The van der Waals surface area contributed by atoms with Gasteiger partial charge in [0.15, 0.2) is 0 Å². The highest BCUT2D eigenvalue weighted by atomic mass is 19.1. The summed E-state index contributed by atoms with van der Waals surface area (Å²) in [6, 6.07) is 6.34. The molecule has 0 aliphatic heterocycles. The lowest BCUT2D eigenvalue weighted by Crippen LogP contribution is -2.02. The van der Waals surface area contributed by atoms with E-state index < -0.39 is 0 Å². The molecule has 110 valence electrons. The molecule has 0 aromatic heterocycles. The Bertz CT molecular complexity index is 423. The van der Waals surface area contributed by atoms with Crippen molar-refractivity contribution in [3.05, 3.63) is 29.6 Å². The van der Waals surface area contributed by atoms with Crippen LogP contribution in [-0.4, -0.2) is 6.54 Å². The molecule has 1 aromatic rings. The summed E-state index contributed by atoms with van der Waals surface area (Å²) < 4.78 is 13.2. The van der Waals surface area contributed by atoms with E-state index in [2.05, 4.69) is 12.2 Å². The standard InChI is InChI=1S/C17H25FN2/c1-2-3-4-5-6-7-8-9-10-20-17-12-15(14-19)11-16(18)13-17/h11-13,20H,2-10H2,1H3. The molecule has 0 saturated carbocycles. The Morgan fingerprint density at radius 1 is 1.00 bits per heavy atom. The van der Waals surface area contributed by atoms with Gasteiger partial charge in [0.1, 0.15) is 5.82 Å². The summed E-state index contributed by atoms with van der Waals surface area (Å²) in [5, 5.41) is 12.0. The molecule has 0 bridgehead atoms. The SMILES string of the molecule is CCCCCCCCCCNc1cc(F)cc(C#N)c1. The van der Waals surface area contributed by atoms with Gasteiger partial charge in [0, 0.05) is 12.2 Å². The topological polar surface area (TPSA) is 35.8 Å². The van der Waals surface area contributed by atoms with Crippen LogP contribution < -0.4 is 5.32 Å². The summed E-state index contributed by atoms with van der Waals surface area (Å²) in [5.74, 6) is -0.359. The normalized spacial score (nSPS) is 10.2. The van der Waals surface area contributed by atoms with Crippen LogP contribution >= 0.6 is 0 Å². The highest BCUT2D eigenvalue weighted by Gasteiger charge is 1.99. The van der Waals surface area contributed by atoms with Crippen LogP contribution in [0, 0.1) is 17.1 Å². The van der Waals surface area contributed by atoms with Gasteiger partial charge in [0.2, 0.25) is 0 Å². The minimum atomic E-state index is -0.359. The first kappa shape index (κ1) is 16.5. The molecule has 1 rings (SSSR count). The molecule has 0 saturated heterocycles. The van der Waals surface area contributed by atoms with Crippen molar-refractivity contribution >= 4 is 5.69 Å². The highest BCUT2D eigenvalue weighted by Crippen LogP contribution is 2.14. The van der Waals surface area contributed by atoms with Crippen molar-refractivity contribution in [3.63, 3.8) is 0 Å². The summed E-state index contributed by atoms with van der Waals surface area (Å²) in [4.78, 5) is 0. The van der Waals surface area contributed by atoms with Crippen molar-refractivity contribution in [2.45, 2.75) is 58.3 Å². The van der Waals surface area contributed by atoms with Gasteiger partial charge in [0.25, 0.3) is 0 Å². The van der Waals surface area contributed by atoms with Crippen LogP contribution in [0.3, 0.4) is 0 Å². The molecule has 0 amide bonds. The Morgan fingerprint density at radius 2 is 1.65 bits per heavy atom. The molecule has 0 spiro atoms. The van der Waals surface area contributed by atoms with Crippen molar-refractivity contribution in [2.24, 2.45) is 0 Å². The van der Waals surface area contributed by atoms with Crippen molar-refractivity contribution < 1.29 is 4.39 Å². The van der Waals surface area contributed by atoms with E-state index in [0.29, 0.717) is 11.3 Å². The lowest BCUT2D eigenvalue weighted by molar-refractivity contribution is 0.581. The number of nitrogens with zero attached hydrogens (tertiary/aromatic N) is 1. The average Bonchev–Trinajstić information content (AvgIpc) is 2.45. The summed E-state index contributed by atoms with van der Waals surface area (Å²) in [6.45, 7) is 3.07. The predicted molar refractivity (Wildman–Crippen MR) is 82.2 cm³/mol. The van der Waals surface area contributed by atoms with Gasteiger partial charge in [-0.15, -0.1) is 0 Å². The van der Waals surface area contributed by atoms with Crippen LogP contribution in [0.15, 0.2) is 18.2 Å². The van der Waals surface area contributed by atoms with Crippen LogP contribution in [0.1, 0.15) is 63.9 Å². The summed E-state index contributed by atoms with van der Waals surface area (Å²) in [7, 11) is 0. The molecule has 1 aromatic carbocycles. The third-order valence-corrected chi connectivity index (χ3v) is 3.39. The first-order valence-corrected chi connectivity index (χ1v) is 7.71. The third-order valence-electron chi connectivity index (χ3n) is 3.39. The second-order valence-electron chi connectivity index (χ2n) is 5.24. The zero-order chi connectivity index (χ0) is 14.6. The van der Waals surface area contributed by atoms with Crippen LogP contribution in [-0.2, 0) is 0 Å². The van der Waals surface area contributed by atoms with Crippen LogP contribution in [0.2, 0.25) is 0 Å². The molecule has 3 heteroatoms. The molecular formula is C17H25FN2. The third kappa shape index (κ3) is 7.13. The smallest absolute Gasteiger partial charge is 0.126 e. The van der Waals surface area contributed by atoms with Crippen molar-refractivity contribution in [3.8, 4) is 6.07 Å². The number of hydrogen-bond acceptors (Lipinski definition) is 2. The monoisotopic (exact) mass is 276 g/mol. The lowest BCUT2D eigenvalue weighted by Gasteiger charge is -2.07. The number of rotatable bonds is 10. The van der Waals surface area contributed by atoms with Gasteiger partial charge in [0.05, 0.1) is 11.6 Å². The molecule has 0 unspecified atom stereocenters. The predicted octanol–water partition coefficient (Wildman–Crippen LogP) is 5.25. The fourth-order valence-corrected chi connectivity index (χ4v) is 2.25. The van der Waals surface area contributed by atoms with Crippen molar-refractivity contribution in [1.82, 2.24) is 0 Å². The van der Waals surface area contributed by atoms with Crippen molar-refractivity contribution in [2.75, 3.05) is 11.9 Å². The largest absolute Gasteiger partial charge is 0.385 e. The Hall–Kier alpha value is -1.56. The number of anilines is 1. The van der Waals surface area contributed by atoms with Gasteiger partial charge in [-0.1, -0.05) is 51.9 Å².